The molecule has 8 heteroatoms. The molecule has 1 amide bonds. The predicted octanol–water partition coefficient (Wildman–Crippen LogP) is 3.36. The Hall–Kier alpha value is -2.25. The highest BCUT2D eigenvalue weighted by Crippen LogP contribution is 2.47. The third-order valence-electron chi connectivity index (χ3n) is 6.74. The lowest BCUT2D eigenvalue weighted by Crippen LogP contribution is -2.50. The van der Waals surface area contributed by atoms with Gasteiger partial charge in [0.25, 0.3) is 5.91 Å². The molecule has 5 rings (SSSR count). The molecular weight excluding hydrogens is 392 g/mol. The summed E-state index contributed by atoms with van der Waals surface area (Å²) < 4.78 is 10.9. The Balaban J connectivity index is 1.22. The molecule has 1 saturated carbocycles. The van der Waals surface area contributed by atoms with E-state index in [4.69, 9.17) is 21.1 Å². The fraction of sp³-hybridized carbons (Fsp3) is 0.524. The van der Waals surface area contributed by atoms with E-state index < -0.39 is 0 Å². The highest BCUT2D eigenvalue weighted by Gasteiger charge is 2.45. The number of benzene rings is 1. The van der Waals surface area contributed by atoms with Gasteiger partial charge in [0.1, 0.15) is 5.69 Å². The molecule has 1 aromatic carbocycles. The van der Waals surface area contributed by atoms with Gasteiger partial charge in [0, 0.05) is 29.9 Å². The van der Waals surface area contributed by atoms with Gasteiger partial charge in [-0.25, -0.2) is 0 Å². The van der Waals surface area contributed by atoms with Crippen molar-refractivity contribution in [2.45, 2.75) is 44.7 Å². The third kappa shape index (κ3) is 3.57. The van der Waals surface area contributed by atoms with Gasteiger partial charge in [-0.15, -0.1) is 0 Å². The number of likely N-dealkylation sites (tertiary alicyclic amines) is 1. The molecular formula is C21H25ClN4O3. The zero-order chi connectivity index (χ0) is 19.8. The number of aromatic nitrogens is 2. The van der Waals surface area contributed by atoms with Crippen molar-refractivity contribution in [3.63, 3.8) is 0 Å². The first-order valence-electron chi connectivity index (χ1n) is 10.2. The summed E-state index contributed by atoms with van der Waals surface area (Å²) in [4.78, 5) is 14.9. The van der Waals surface area contributed by atoms with Crippen LogP contribution < -0.4 is 14.8 Å². The highest BCUT2D eigenvalue weighted by atomic mass is 35.5. The van der Waals surface area contributed by atoms with E-state index >= 15 is 0 Å². The lowest BCUT2D eigenvalue weighted by atomic mass is 9.74. The standard InChI is InChI=1S/C21H25ClN4O3/c22-15-11-18-17(28-13-29-18)10-14(15)12-26-8-5-21(6-9-26)4-1-2-19(21)24-20(27)16-3-7-23-25-16/h3,7,10-11,19H,1-2,4-6,8-9,12-13H2,(H,23,25)(H,24,27). The van der Waals surface area contributed by atoms with Crippen LogP contribution in [-0.2, 0) is 6.54 Å². The summed E-state index contributed by atoms with van der Waals surface area (Å²) in [5.74, 6) is 1.44. The van der Waals surface area contributed by atoms with E-state index in [1.807, 2.05) is 12.1 Å². The predicted molar refractivity (Wildman–Crippen MR) is 108 cm³/mol. The molecule has 2 fully saturated rings. The summed E-state index contributed by atoms with van der Waals surface area (Å²) in [7, 11) is 0. The van der Waals surface area contributed by atoms with Crippen LogP contribution in [0.25, 0.3) is 0 Å². The lowest BCUT2D eigenvalue weighted by molar-refractivity contribution is 0.0682. The smallest absolute Gasteiger partial charge is 0.269 e. The Bertz CT molecular complexity index is 894. The number of piperidine rings is 1. The summed E-state index contributed by atoms with van der Waals surface area (Å²) in [6, 6.07) is 5.80. The van der Waals surface area contributed by atoms with Crippen LogP contribution in [0.3, 0.4) is 0 Å². The zero-order valence-electron chi connectivity index (χ0n) is 16.2. The minimum Gasteiger partial charge on any atom is -0.454 e. The minimum atomic E-state index is -0.0525. The van der Waals surface area contributed by atoms with Gasteiger partial charge in [-0.3, -0.25) is 14.8 Å². The molecule has 1 aromatic heterocycles. The molecule has 1 atom stereocenters. The van der Waals surface area contributed by atoms with Gasteiger partial charge >= 0.3 is 0 Å². The van der Waals surface area contributed by atoms with E-state index in [1.54, 1.807) is 12.3 Å². The molecule has 3 heterocycles. The molecule has 2 N–H and O–H groups in total. The summed E-state index contributed by atoms with van der Waals surface area (Å²) in [6.07, 6.45) is 7.18. The van der Waals surface area contributed by atoms with Crippen LogP contribution in [0.5, 0.6) is 11.5 Å². The number of ether oxygens (including phenoxy) is 2. The Labute approximate surface area is 174 Å². The fourth-order valence-corrected chi connectivity index (χ4v) is 5.27. The average Bonchev–Trinajstić information content (AvgIpc) is 3.46. The van der Waals surface area contributed by atoms with Crippen molar-refractivity contribution < 1.29 is 14.3 Å². The number of halogens is 1. The topological polar surface area (TPSA) is 79.5 Å². The van der Waals surface area contributed by atoms with Crippen molar-refractivity contribution in [2.24, 2.45) is 5.41 Å². The van der Waals surface area contributed by atoms with Gasteiger partial charge in [-0.1, -0.05) is 18.0 Å². The van der Waals surface area contributed by atoms with Crippen LogP contribution >= 0.6 is 11.6 Å². The molecule has 3 aliphatic rings. The van der Waals surface area contributed by atoms with Crippen LogP contribution in [-0.4, -0.2) is 46.9 Å². The Morgan fingerprint density at radius 2 is 2.07 bits per heavy atom. The second-order valence-corrected chi connectivity index (χ2v) is 8.73. The number of amides is 1. The first-order valence-corrected chi connectivity index (χ1v) is 10.6. The van der Waals surface area contributed by atoms with Crippen molar-refractivity contribution in [1.82, 2.24) is 20.4 Å². The van der Waals surface area contributed by atoms with Crippen molar-refractivity contribution >= 4 is 17.5 Å². The van der Waals surface area contributed by atoms with E-state index in [0.29, 0.717) is 5.69 Å². The summed E-state index contributed by atoms with van der Waals surface area (Å²) >= 11 is 6.46. The summed E-state index contributed by atoms with van der Waals surface area (Å²) in [5, 5.41) is 10.6. The number of rotatable bonds is 4. The van der Waals surface area contributed by atoms with Crippen LogP contribution in [0.15, 0.2) is 24.4 Å². The second-order valence-electron chi connectivity index (χ2n) is 8.32. The van der Waals surface area contributed by atoms with Crippen molar-refractivity contribution in [2.75, 3.05) is 19.9 Å². The lowest BCUT2D eigenvalue weighted by Gasteiger charge is -2.43. The van der Waals surface area contributed by atoms with Gasteiger partial charge in [-0.05, 0) is 61.9 Å². The molecule has 29 heavy (non-hydrogen) atoms. The Morgan fingerprint density at radius 3 is 2.83 bits per heavy atom. The second kappa shape index (κ2) is 7.54. The average molecular weight is 417 g/mol. The van der Waals surface area contributed by atoms with Crippen molar-refractivity contribution in [3.05, 3.63) is 40.7 Å². The number of hydrogen-bond donors (Lipinski definition) is 2. The number of carbonyl (C=O) groups is 1. The van der Waals surface area contributed by atoms with E-state index in [1.165, 1.54) is 12.8 Å². The molecule has 0 bridgehead atoms. The molecule has 2 aliphatic heterocycles. The van der Waals surface area contributed by atoms with Gasteiger partial charge in [0.05, 0.1) is 0 Å². The highest BCUT2D eigenvalue weighted by molar-refractivity contribution is 6.31. The molecule has 1 spiro atoms. The fourth-order valence-electron chi connectivity index (χ4n) is 5.06. The molecule has 1 saturated heterocycles. The monoisotopic (exact) mass is 416 g/mol. The van der Waals surface area contributed by atoms with Crippen LogP contribution in [0.1, 0.15) is 48.2 Å². The summed E-state index contributed by atoms with van der Waals surface area (Å²) in [6.45, 7) is 3.06. The van der Waals surface area contributed by atoms with E-state index in [0.717, 1.165) is 61.0 Å². The van der Waals surface area contributed by atoms with Gasteiger partial charge in [0.2, 0.25) is 6.79 Å². The minimum absolute atomic E-state index is 0.0525. The van der Waals surface area contributed by atoms with Gasteiger partial charge in [-0.2, -0.15) is 5.10 Å². The van der Waals surface area contributed by atoms with Crippen LogP contribution in [0, 0.1) is 5.41 Å². The maximum atomic E-state index is 12.5. The number of H-pyrrole nitrogens is 1. The summed E-state index contributed by atoms with van der Waals surface area (Å²) in [5.41, 5.74) is 1.80. The molecule has 7 nitrogen and oxygen atoms in total. The number of aromatic amines is 1. The largest absolute Gasteiger partial charge is 0.454 e. The number of hydrogen-bond acceptors (Lipinski definition) is 5. The van der Waals surface area contributed by atoms with Crippen LogP contribution in [0.4, 0.5) is 0 Å². The van der Waals surface area contributed by atoms with Crippen LogP contribution in [0.2, 0.25) is 5.02 Å². The molecule has 2 aromatic rings. The van der Waals surface area contributed by atoms with Crippen molar-refractivity contribution in [3.8, 4) is 11.5 Å². The van der Waals surface area contributed by atoms with Gasteiger partial charge in [0.15, 0.2) is 11.5 Å². The maximum absolute atomic E-state index is 12.5. The molecule has 154 valence electrons. The Morgan fingerprint density at radius 1 is 1.28 bits per heavy atom. The number of carbonyl (C=O) groups excluding carboxylic acids is 1. The first kappa shape index (κ1) is 18.8. The number of nitrogens with zero attached hydrogens (tertiary/aromatic N) is 2. The van der Waals surface area contributed by atoms with E-state index in [9.17, 15) is 4.79 Å². The number of fused-ring (bicyclic) bond motifs is 1. The van der Waals surface area contributed by atoms with E-state index in [2.05, 4.69) is 20.4 Å². The zero-order valence-corrected chi connectivity index (χ0v) is 17.0. The van der Waals surface area contributed by atoms with E-state index in [-0.39, 0.29) is 24.2 Å². The van der Waals surface area contributed by atoms with Crippen molar-refractivity contribution in [1.29, 1.82) is 0 Å². The molecule has 0 radical (unpaired) electrons. The third-order valence-corrected chi connectivity index (χ3v) is 7.10. The normalized spacial score (nSPS) is 22.9. The SMILES string of the molecule is O=C(NC1CCCC12CCN(Cc1cc3c(cc1Cl)OCO3)CC2)c1ccn[nH]1. The first-order chi connectivity index (χ1) is 14.1. The number of nitrogens with one attached hydrogen (secondary N) is 2. The molecule has 1 aliphatic carbocycles. The van der Waals surface area contributed by atoms with Gasteiger partial charge < -0.3 is 14.8 Å². The maximum Gasteiger partial charge on any atom is 0.269 e. The Kier molecular flexibility index (Phi) is 4.87. The quantitative estimate of drug-likeness (QED) is 0.798. The molecule has 1 unspecified atom stereocenters.